The van der Waals surface area contributed by atoms with Crippen LogP contribution in [-0.4, -0.2) is 81.3 Å². The molecule has 0 saturated carbocycles. The number of fused-ring (bicyclic) bond motifs is 1. The number of H-pyrrole nitrogens is 1. The first-order valence-corrected chi connectivity index (χ1v) is 15.4. The van der Waals surface area contributed by atoms with Crippen LogP contribution in [0.25, 0.3) is 10.9 Å². The minimum Gasteiger partial charge on any atom is -0.369 e. The fourth-order valence-electron chi connectivity index (χ4n) is 5.26. The van der Waals surface area contributed by atoms with Gasteiger partial charge in [0, 0.05) is 43.9 Å². The Morgan fingerprint density at radius 3 is 2.48 bits per heavy atom. The van der Waals surface area contributed by atoms with Gasteiger partial charge in [0.05, 0.1) is 26.6 Å². The maximum Gasteiger partial charge on any atom is 0.258 e. The molecule has 1 aromatic heterocycles. The summed E-state index contributed by atoms with van der Waals surface area (Å²) in [5.41, 5.74) is 2.10. The van der Waals surface area contributed by atoms with Crippen molar-refractivity contribution < 1.29 is 22.7 Å². The molecule has 218 valence electrons. The van der Waals surface area contributed by atoms with Crippen molar-refractivity contribution in [3.63, 3.8) is 0 Å². The second-order valence-electron chi connectivity index (χ2n) is 10.6. The third-order valence-electron chi connectivity index (χ3n) is 7.73. The second-order valence-corrected chi connectivity index (χ2v) is 12.5. The Kier molecular flexibility index (Phi) is 7.67. The van der Waals surface area contributed by atoms with Gasteiger partial charge in [-0.25, -0.2) is 8.42 Å². The summed E-state index contributed by atoms with van der Waals surface area (Å²) in [4.78, 5) is 31.4. The van der Waals surface area contributed by atoms with E-state index in [1.54, 1.807) is 30.3 Å². The lowest BCUT2D eigenvalue weighted by atomic mass is 10.1. The molecule has 42 heavy (non-hydrogen) atoms. The molecule has 1 atom stereocenters. The van der Waals surface area contributed by atoms with Crippen molar-refractivity contribution in [1.29, 1.82) is 0 Å². The minimum atomic E-state index is -3.77. The molecule has 0 aliphatic carbocycles. The minimum absolute atomic E-state index is 0.0825. The lowest BCUT2D eigenvalue weighted by Crippen LogP contribution is -2.44. The van der Waals surface area contributed by atoms with Crippen molar-refractivity contribution in [3.8, 4) is 0 Å². The quantitative estimate of drug-likeness (QED) is 0.298. The number of aromatic amines is 1. The van der Waals surface area contributed by atoms with E-state index in [9.17, 15) is 18.0 Å². The number of anilines is 3. The first-order valence-electron chi connectivity index (χ1n) is 13.9. The average molecular weight is 589 g/mol. The second kappa shape index (κ2) is 11.6. The van der Waals surface area contributed by atoms with Crippen molar-refractivity contribution in [1.82, 2.24) is 15.1 Å². The fraction of sp³-hybridized carbons (Fsp3) is 0.300. The molecule has 0 bridgehead atoms. The lowest BCUT2D eigenvalue weighted by Gasteiger charge is -2.34. The third-order valence-corrected chi connectivity index (χ3v) is 9.49. The molecule has 3 aromatic carbocycles. The van der Waals surface area contributed by atoms with Crippen LogP contribution < -0.4 is 15.5 Å². The first-order chi connectivity index (χ1) is 20.3. The molecule has 2 aliphatic heterocycles. The molecule has 11 nitrogen and oxygen atoms in total. The maximum atomic E-state index is 13.6. The zero-order valence-corrected chi connectivity index (χ0v) is 24.0. The number of nitrogens with one attached hydrogen (secondary N) is 3. The Balaban J connectivity index is 1.30. The monoisotopic (exact) mass is 588 g/mol. The SMILES string of the molecule is CN1CCN(c2ccc(C(=O)Nc3n[nH]c4ccc(S(=O)(=O)c5ccccc5)cc34)c(NC(=O)C3CCCO3)c2)CC1. The molecule has 6 rings (SSSR count). The molecule has 0 spiro atoms. The van der Waals surface area contributed by atoms with E-state index in [1.165, 1.54) is 24.3 Å². The van der Waals surface area contributed by atoms with Gasteiger partial charge in [0.2, 0.25) is 9.84 Å². The van der Waals surface area contributed by atoms with Crippen molar-refractivity contribution in [3.05, 3.63) is 72.3 Å². The molecule has 2 aliphatic rings. The van der Waals surface area contributed by atoms with Gasteiger partial charge < -0.3 is 25.2 Å². The van der Waals surface area contributed by atoms with Gasteiger partial charge in [-0.1, -0.05) is 18.2 Å². The third kappa shape index (κ3) is 5.60. The summed E-state index contributed by atoms with van der Waals surface area (Å²) in [6.45, 7) is 4.01. The number of carbonyl (C=O) groups excluding carboxylic acids is 2. The number of likely N-dealkylation sites (N-methyl/N-ethyl adjacent to an activating group) is 1. The number of nitrogens with zero attached hydrogens (tertiary/aromatic N) is 3. The Hall–Kier alpha value is -4.26. The largest absolute Gasteiger partial charge is 0.369 e. The number of hydrogen-bond donors (Lipinski definition) is 3. The predicted molar refractivity (Wildman–Crippen MR) is 160 cm³/mol. The summed E-state index contributed by atoms with van der Waals surface area (Å²) in [7, 11) is -1.69. The summed E-state index contributed by atoms with van der Waals surface area (Å²) in [5, 5.41) is 13.3. The van der Waals surface area contributed by atoms with Gasteiger partial charge in [-0.3, -0.25) is 14.7 Å². The highest BCUT2D eigenvalue weighted by Crippen LogP contribution is 2.30. The van der Waals surface area contributed by atoms with Crippen LogP contribution >= 0.6 is 0 Å². The molecule has 3 heterocycles. The van der Waals surface area contributed by atoms with Crippen LogP contribution in [0.1, 0.15) is 23.2 Å². The number of carbonyl (C=O) groups is 2. The van der Waals surface area contributed by atoms with Crippen LogP contribution in [0.15, 0.2) is 76.5 Å². The molecule has 1 unspecified atom stereocenters. The number of amides is 2. The fourth-order valence-corrected chi connectivity index (χ4v) is 6.57. The molecule has 2 amide bonds. The number of aromatic nitrogens is 2. The van der Waals surface area contributed by atoms with Crippen molar-refractivity contribution in [2.45, 2.75) is 28.7 Å². The number of rotatable bonds is 7. The number of ether oxygens (including phenoxy) is 1. The van der Waals surface area contributed by atoms with E-state index in [1.807, 2.05) is 12.1 Å². The van der Waals surface area contributed by atoms with E-state index in [0.717, 1.165) is 38.3 Å². The van der Waals surface area contributed by atoms with Crippen LogP contribution in [0.3, 0.4) is 0 Å². The van der Waals surface area contributed by atoms with E-state index in [0.29, 0.717) is 29.6 Å². The Labute approximate surface area is 243 Å². The average Bonchev–Trinajstić information content (AvgIpc) is 3.69. The van der Waals surface area contributed by atoms with Gasteiger partial charge in [-0.15, -0.1) is 0 Å². The van der Waals surface area contributed by atoms with Gasteiger partial charge in [-0.2, -0.15) is 5.10 Å². The van der Waals surface area contributed by atoms with Gasteiger partial charge >= 0.3 is 0 Å². The van der Waals surface area contributed by atoms with E-state index in [4.69, 9.17) is 4.74 Å². The van der Waals surface area contributed by atoms with Crippen LogP contribution in [0.2, 0.25) is 0 Å². The van der Waals surface area contributed by atoms with Crippen LogP contribution in [0.4, 0.5) is 17.2 Å². The Bertz CT molecular complexity index is 1730. The van der Waals surface area contributed by atoms with Gasteiger partial charge in [0.25, 0.3) is 11.8 Å². The highest BCUT2D eigenvalue weighted by molar-refractivity contribution is 7.91. The Morgan fingerprint density at radius 2 is 1.74 bits per heavy atom. The summed E-state index contributed by atoms with van der Waals surface area (Å²) in [5.74, 6) is -0.606. The predicted octanol–water partition coefficient (Wildman–Crippen LogP) is 3.52. The van der Waals surface area contributed by atoms with Crippen molar-refractivity contribution in [2.75, 3.05) is 55.4 Å². The summed E-state index contributed by atoms with van der Waals surface area (Å²) >= 11 is 0. The molecule has 4 aromatic rings. The topological polar surface area (TPSA) is 137 Å². The van der Waals surface area contributed by atoms with E-state index in [2.05, 4.69) is 37.7 Å². The van der Waals surface area contributed by atoms with E-state index in [-0.39, 0.29) is 27.1 Å². The highest BCUT2D eigenvalue weighted by Gasteiger charge is 2.26. The zero-order chi connectivity index (χ0) is 29.3. The van der Waals surface area contributed by atoms with Crippen LogP contribution in [0.5, 0.6) is 0 Å². The summed E-state index contributed by atoms with van der Waals surface area (Å²) < 4.78 is 32.0. The zero-order valence-electron chi connectivity index (χ0n) is 23.2. The maximum absolute atomic E-state index is 13.6. The van der Waals surface area contributed by atoms with Crippen molar-refractivity contribution >= 4 is 49.7 Å². The molecule has 2 fully saturated rings. The highest BCUT2D eigenvalue weighted by atomic mass is 32.2. The van der Waals surface area contributed by atoms with E-state index >= 15 is 0 Å². The first kappa shape index (κ1) is 27.9. The van der Waals surface area contributed by atoms with Crippen molar-refractivity contribution in [2.24, 2.45) is 0 Å². The van der Waals surface area contributed by atoms with Gasteiger partial charge in [0.15, 0.2) is 5.82 Å². The smallest absolute Gasteiger partial charge is 0.258 e. The number of sulfone groups is 1. The van der Waals surface area contributed by atoms with Crippen LogP contribution in [-0.2, 0) is 19.4 Å². The number of hydrogen-bond acceptors (Lipinski definition) is 8. The molecular weight excluding hydrogens is 556 g/mol. The van der Waals surface area contributed by atoms with Gasteiger partial charge in [0.1, 0.15) is 6.10 Å². The summed E-state index contributed by atoms with van der Waals surface area (Å²) in [6.07, 6.45) is 0.869. The molecule has 12 heteroatoms. The van der Waals surface area contributed by atoms with Crippen LogP contribution in [0, 0.1) is 0 Å². The summed E-state index contributed by atoms with van der Waals surface area (Å²) in [6, 6.07) is 18.2. The molecular formula is C30H32N6O5S. The molecule has 2 saturated heterocycles. The number of piperazine rings is 1. The van der Waals surface area contributed by atoms with Gasteiger partial charge in [-0.05, 0) is 68.4 Å². The lowest BCUT2D eigenvalue weighted by molar-refractivity contribution is -0.124. The standard InChI is InChI=1S/C30H32N6O5S/c1-35-13-15-36(16-14-35)20-9-11-23(26(18-20)31-30(38)27-8-5-17-41-27)29(37)32-28-24-19-22(10-12-25(24)33-34-28)42(39,40)21-6-3-2-4-7-21/h2-4,6-7,9-12,18-19,27H,5,8,13-17H2,1H3,(H,31,38)(H2,32,33,34,37). The molecule has 0 radical (unpaired) electrons. The Morgan fingerprint density at radius 1 is 0.952 bits per heavy atom. The molecule has 3 N–H and O–H groups in total. The van der Waals surface area contributed by atoms with E-state index < -0.39 is 21.8 Å². The number of benzene rings is 3. The normalized spacial score (nSPS) is 17.8.